The average Bonchev–Trinajstić information content (AvgIpc) is 3.57. The van der Waals surface area contributed by atoms with Gasteiger partial charge in [-0.15, -0.1) is 0 Å². The van der Waals surface area contributed by atoms with E-state index in [2.05, 4.69) is 76.2 Å². The van der Waals surface area contributed by atoms with Crippen molar-refractivity contribution in [2.24, 2.45) is 33.9 Å². The topological polar surface area (TPSA) is 72.0 Å². The van der Waals surface area contributed by atoms with Gasteiger partial charge in [0, 0.05) is 32.2 Å². The van der Waals surface area contributed by atoms with Crippen molar-refractivity contribution in [3.05, 3.63) is 60.2 Å². The molecule has 46 heavy (non-hydrogen) atoms. The summed E-state index contributed by atoms with van der Waals surface area (Å²) in [6.07, 6.45) is 18.4. The molecule has 6 heteroatoms. The van der Waals surface area contributed by atoms with Crippen molar-refractivity contribution in [3.8, 4) is 11.1 Å². The summed E-state index contributed by atoms with van der Waals surface area (Å²) in [4.78, 5) is 12.0. The van der Waals surface area contributed by atoms with Crippen LogP contribution in [0.1, 0.15) is 96.0 Å². The van der Waals surface area contributed by atoms with Crippen molar-refractivity contribution < 1.29 is 0 Å². The molecule has 2 aromatic rings. The molecule has 0 amide bonds. The van der Waals surface area contributed by atoms with Gasteiger partial charge in [-0.2, -0.15) is 0 Å². The van der Waals surface area contributed by atoms with Gasteiger partial charge >= 0.3 is 0 Å². The number of unbranched alkanes of at least 4 members (excludes halogenated alkanes) is 2. The van der Waals surface area contributed by atoms with Crippen LogP contribution in [-0.2, 0) is 6.42 Å². The number of benzene rings is 2. The summed E-state index contributed by atoms with van der Waals surface area (Å²) in [5.41, 5.74) is 11.0. The summed E-state index contributed by atoms with van der Waals surface area (Å²) in [6, 6.07) is 20.6. The molecular formula is C40H58N6. The number of nitrogens with one attached hydrogen (secondary N) is 1. The van der Waals surface area contributed by atoms with E-state index in [0.717, 1.165) is 81.7 Å². The number of nitrogens with two attached hydrogens (primary N) is 1. The molecule has 2 heterocycles. The number of hydrogen-bond donors (Lipinski definition) is 2. The lowest BCUT2D eigenvalue weighted by Gasteiger charge is -2.57. The summed E-state index contributed by atoms with van der Waals surface area (Å²) >= 11 is 0. The van der Waals surface area contributed by atoms with Crippen LogP contribution in [0.15, 0.2) is 59.6 Å². The van der Waals surface area contributed by atoms with Gasteiger partial charge in [-0.3, -0.25) is 10.4 Å². The van der Waals surface area contributed by atoms with E-state index in [1.54, 1.807) is 0 Å². The van der Waals surface area contributed by atoms with Crippen molar-refractivity contribution in [2.75, 3.05) is 32.7 Å². The zero-order valence-electron chi connectivity index (χ0n) is 28.4. The van der Waals surface area contributed by atoms with Gasteiger partial charge in [0.15, 0.2) is 11.9 Å². The lowest BCUT2D eigenvalue weighted by molar-refractivity contribution is -0.0597. The third-order valence-electron chi connectivity index (χ3n) is 12.5. The lowest BCUT2D eigenvalue weighted by atomic mass is 9.49. The molecule has 6 aliphatic rings. The van der Waals surface area contributed by atoms with Crippen molar-refractivity contribution in [2.45, 2.75) is 109 Å². The Hall–Kier alpha value is -3.02. The Kier molecular flexibility index (Phi) is 9.60. The summed E-state index contributed by atoms with van der Waals surface area (Å²) in [5.74, 6) is 4.58. The molecule has 2 atom stereocenters. The van der Waals surface area contributed by atoms with Crippen molar-refractivity contribution in [3.63, 3.8) is 0 Å². The van der Waals surface area contributed by atoms with Crippen LogP contribution in [-0.4, -0.2) is 71.4 Å². The van der Waals surface area contributed by atoms with E-state index in [1.807, 2.05) is 0 Å². The fraction of sp³-hybridized carbons (Fsp3) is 0.650. The van der Waals surface area contributed by atoms with E-state index >= 15 is 0 Å². The highest BCUT2D eigenvalue weighted by molar-refractivity contribution is 5.80. The Morgan fingerprint density at radius 1 is 0.783 bits per heavy atom. The van der Waals surface area contributed by atoms with E-state index < -0.39 is 0 Å². The minimum atomic E-state index is 0.458. The summed E-state index contributed by atoms with van der Waals surface area (Å²) in [6.45, 7) is 7.16. The van der Waals surface area contributed by atoms with Gasteiger partial charge in [0.1, 0.15) is 0 Å². The second-order valence-corrected chi connectivity index (χ2v) is 15.8. The Morgan fingerprint density at radius 3 is 2.15 bits per heavy atom. The van der Waals surface area contributed by atoms with Crippen LogP contribution in [0, 0.1) is 28.6 Å². The Bertz CT molecular complexity index is 1300. The normalized spacial score (nSPS) is 30.1. The third kappa shape index (κ3) is 6.96. The van der Waals surface area contributed by atoms with E-state index in [4.69, 9.17) is 16.1 Å². The van der Waals surface area contributed by atoms with Crippen LogP contribution in [0.2, 0.25) is 0 Å². The highest BCUT2D eigenvalue weighted by Gasteiger charge is 2.50. The SMILES string of the molecule is CCCC[C@H]1CN(CCCC[C@@H]2CN=C(N)N2CCC23CC4CC(CC(C4)C2)C3)C(=N)N1CCc1ccc(-c2ccccc2)cc1. The largest absolute Gasteiger partial charge is 0.370 e. The van der Waals surface area contributed by atoms with Crippen molar-refractivity contribution in [1.29, 1.82) is 5.41 Å². The molecule has 0 spiro atoms. The zero-order valence-corrected chi connectivity index (χ0v) is 28.4. The molecule has 3 N–H and O–H groups in total. The second kappa shape index (κ2) is 14.0. The van der Waals surface area contributed by atoms with Crippen molar-refractivity contribution >= 4 is 11.9 Å². The first-order chi connectivity index (χ1) is 22.5. The van der Waals surface area contributed by atoms with Gasteiger partial charge in [0.05, 0.1) is 12.6 Å². The molecule has 4 saturated carbocycles. The first-order valence-electron chi connectivity index (χ1n) is 18.8. The molecule has 4 aliphatic carbocycles. The third-order valence-corrected chi connectivity index (χ3v) is 12.5. The standard InChI is InChI=1S/C40H58N6/c1-2-3-11-37-29-44(39(42)46(37)20-17-30-13-15-35(16-14-30)34-9-5-4-6-10-34)19-8-7-12-36-28-43-38(41)45(36)21-18-40-25-31-22-32(26-40)24-33(23-31)27-40/h4-6,9-10,13-16,31-33,36-37,42H,2-3,7-8,11-12,17-29H2,1H3,(H2,41,43)/t31?,32?,33?,36-,37+,40?/m1/s1. The molecule has 8 rings (SSSR count). The molecule has 2 aliphatic heterocycles. The van der Waals surface area contributed by atoms with Gasteiger partial charge < -0.3 is 20.4 Å². The maximum Gasteiger partial charge on any atom is 0.194 e. The number of hydrogen-bond acceptors (Lipinski definition) is 4. The Balaban J connectivity index is 0.876. The zero-order chi connectivity index (χ0) is 31.5. The molecule has 5 fully saturated rings. The molecule has 0 radical (unpaired) electrons. The summed E-state index contributed by atoms with van der Waals surface area (Å²) in [5, 5.41) is 9.14. The molecule has 0 aromatic heterocycles. The molecular weight excluding hydrogens is 564 g/mol. The Morgan fingerprint density at radius 2 is 1.46 bits per heavy atom. The van der Waals surface area contributed by atoms with Crippen molar-refractivity contribution in [1.82, 2.24) is 14.7 Å². The van der Waals surface area contributed by atoms with Crippen LogP contribution in [0.3, 0.4) is 0 Å². The molecule has 0 unspecified atom stereocenters. The summed E-state index contributed by atoms with van der Waals surface area (Å²) in [7, 11) is 0. The minimum Gasteiger partial charge on any atom is -0.370 e. The van der Waals surface area contributed by atoms with Gasteiger partial charge in [-0.05, 0) is 117 Å². The number of aliphatic imine (C=N–C) groups is 1. The van der Waals surface area contributed by atoms with E-state index in [9.17, 15) is 0 Å². The Labute approximate surface area is 278 Å². The molecule has 2 aromatic carbocycles. The van der Waals surface area contributed by atoms with Gasteiger partial charge in [-0.1, -0.05) is 74.4 Å². The van der Waals surface area contributed by atoms with Gasteiger partial charge in [-0.25, -0.2) is 0 Å². The average molecular weight is 623 g/mol. The quantitative estimate of drug-likeness (QED) is 0.199. The first kappa shape index (κ1) is 31.6. The van der Waals surface area contributed by atoms with Gasteiger partial charge in [0.2, 0.25) is 0 Å². The fourth-order valence-electron chi connectivity index (χ4n) is 10.5. The maximum atomic E-state index is 9.14. The van der Waals surface area contributed by atoms with E-state index in [1.165, 1.54) is 87.3 Å². The minimum absolute atomic E-state index is 0.458. The second-order valence-electron chi connectivity index (χ2n) is 15.8. The molecule has 1 saturated heterocycles. The molecule has 4 bridgehead atoms. The van der Waals surface area contributed by atoms with Crippen LogP contribution >= 0.6 is 0 Å². The highest BCUT2D eigenvalue weighted by Crippen LogP contribution is 2.61. The van der Waals surface area contributed by atoms with E-state index in [0.29, 0.717) is 17.5 Å². The predicted octanol–water partition coefficient (Wildman–Crippen LogP) is 7.78. The maximum absolute atomic E-state index is 9.14. The smallest absolute Gasteiger partial charge is 0.194 e. The molecule has 248 valence electrons. The number of nitrogens with zero attached hydrogens (tertiary/aromatic N) is 4. The summed E-state index contributed by atoms with van der Waals surface area (Å²) < 4.78 is 0. The predicted molar refractivity (Wildman–Crippen MR) is 191 cm³/mol. The lowest BCUT2D eigenvalue weighted by Crippen LogP contribution is -2.49. The molecule has 6 nitrogen and oxygen atoms in total. The van der Waals surface area contributed by atoms with Crippen LogP contribution in [0.4, 0.5) is 0 Å². The van der Waals surface area contributed by atoms with Crippen LogP contribution < -0.4 is 5.73 Å². The number of rotatable bonds is 15. The van der Waals surface area contributed by atoms with E-state index in [-0.39, 0.29) is 0 Å². The van der Waals surface area contributed by atoms with Gasteiger partial charge in [0.25, 0.3) is 0 Å². The van der Waals surface area contributed by atoms with Crippen LogP contribution in [0.25, 0.3) is 11.1 Å². The number of guanidine groups is 2. The first-order valence-corrected chi connectivity index (χ1v) is 18.8. The highest BCUT2D eigenvalue weighted by atomic mass is 15.4. The van der Waals surface area contributed by atoms with Crippen LogP contribution in [0.5, 0.6) is 0 Å². The fourth-order valence-corrected chi connectivity index (χ4v) is 10.5. The monoisotopic (exact) mass is 622 g/mol.